The Morgan fingerprint density at radius 1 is 1.15 bits per heavy atom. The molecule has 208 valence electrons. The lowest BCUT2D eigenvalue weighted by atomic mass is 9.75. The zero-order valence-corrected chi connectivity index (χ0v) is 20.5. The summed E-state index contributed by atoms with van der Waals surface area (Å²) in [7, 11) is 0. The molecule has 39 heavy (non-hydrogen) atoms. The molecule has 12 heteroatoms. The van der Waals surface area contributed by atoms with E-state index in [4.69, 9.17) is 0 Å². The van der Waals surface area contributed by atoms with Gasteiger partial charge >= 0.3 is 18.6 Å². The van der Waals surface area contributed by atoms with Crippen molar-refractivity contribution < 1.29 is 35.9 Å². The molecule has 1 saturated carbocycles. The van der Waals surface area contributed by atoms with Crippen LogP contribution in [0.25, 0.3) is 0 Å². The summed E-state index contributed by atoms with van der Waals surface area (Å²) in [5.41, 5.74) is -1.76. The molecular formula is C27H25F6N3O3. The number of nitrogens with one attached hydrogen (secondary N) is 2. The van der Waals surface area contributed by atoms with Gasteiger partial charge < -0.3 is 15.4 Å². The van der Waals surface area contributed by atoms with Gasteiger partial charge in [-0.05, 0) is 41.7 Å². The maximum Gasteiger partial charge on any atom is 0.461 e. The van der Waals surface area contributed by atoms with Crippen LogP contribution in [-0.2, 0) is 12.0 Å². The van der Waals surface area contributed by atoms with Crippen LogP contribution in [0.4, 0.5) is 31.1 Å². The molecule has 4 rings (SSSR count). The number of nitrogens with zero attached hydrogens (tertiary/aromatic N) is 1. The van der Waals surface area contributed by atoms with Crippen molar-refractivity contribution in [1.29, 1.82) is 0 Å². The summed E-state index contributed by atoms with van der Waals surface area (Å²) in [4.78, 5) is 24.2. The molecule has 2 atom stereocenters. The fraction of sp³-hybridized carbons (Fsp3) is 0.370. The highest BCUT2D eigenvalue weighted by Crippen LogP contribution is 2.40. The Labute approximate surface area is 220 Å². The van der Waals surface area contributed by atoms with E-state index >= 15 is 0 Å². The maximum atomic E-state index is 14.8. The third-order valence-corrected chi connectivity index (χ3v) is 6.65. The van der Waals surface area contributed by atoms with Crippen molar-refractivity contribution >= 4 is 6.03 Å². The number of carbonyl (C=O) groups is 1. The molecule has 0 aromatic heterocycles. The second-order valence-electron chi connectivity index (χ2n) is 9.62. The van der Waals surface area contributed by atoms with E-state index < -0.39 is 47.4 Å². The average Bonchev–Trinajstić information content (AvgIpc) is 3.62. The summed E-state index contributed by atoms with van der Waals surface area (Å²) in [6.45, 7) is -0.182. The number of hydrogen-bond donors (Lipinski definition) is 2. The van der Waals surface area contributed by atoms with Crippen LogP contribution in [0.15, 0.2) is 77.5 Å². The van der Waals surface area contributed by atoms with Crippen molar-refractivity contribution in [3.63, 3.8) is 0 Å². The predicted octanol–water partition coefficient (Wildman–Crippen LogP) is 6.32. The summed E-state index contributed by atoms with van der Waals surface area (Å²) < 4.78 is 86.2. The van der Waals surface area contributed by atoms with E-state index in [0.29, 0.717) is 30.0 Å². The molecule has 0 heterocycles. The van der Waals surface area contributed by atoms with Crippen molar-refractivity contribution in [1.82, 2.24) is 10.6 Å². The van der Waals surface area contributed by atoms with Crippen molar-refractivity contribution in [3.05, 3.63) is 94.2 Å². The van der Waals surface area contributed by atoms with Gasteiger partial charge in [0.25, 0.3) is 0 Å². The van der Waals surface area contributed by atoms with E-state index in [0.717, 1.165) is 12.1 Å². The molecular weight excluding hydrogens is 528 g/mol. The lowest BCUT2D eigenvalue weighted by Gasteiger charge is -2.39. The Morgan fingerprint density at radius 3 is 2.46 bits per heavy atom. The van der Waals surface area contributed by atoms with Gasteiger partial charge in [-0.15, -0.1) is 0 Å². The smallest absolute Gasteiger partial charge is 0.428 e. The van der Waals surface area contributed by atoms with E-state index in [1.54, 1.807) is 30.3 Å². The van der Waals surface area contributed by atoms with Crippen LogP contribution in [0.3, 0.4) is 0 Å². The second kappa shape index (κ2) is 11.1. The van der Waals surface area contributed by atoms with Crippen LogP contribution in [0.5, 0.6) is 5.75 Å². The predicted molar refractivity (Wildman–Crippen MR) is 131 cm³/mol. The summed E-state index contributed by atoms with van der Waals surface area (Å²) in [5.74, 6) is -2.00. The minimum Gasteiger partial charge on any atom is -0.428 e. The van der Waals surface area contributed by atoms with Crippen LogP contribution in [0.2, 0.25) is 0 Å². The Kier molecular flexibility index (Phi) is 8.03. The van der Waals surface area contributed by atoms with Crippen molar-refractivity contribution in [2.45, 2.75) is 55.5 Å². The molecule has 0 bridgehead atoms. The standard InChI is InChI=1S/C27H25F6N3O3/c28-20-8-6-18(7-9-20)26(15-17-4-2-1-3-5-17,36-24(37)35-25(10-11-25)16-34-38)19-12-21(29)14-22(13-19)39-27(32,33)23(30)31/h1-8,12-14,20,23H,9-11,15-16H2,(H2,35,36,37)/t20?,26-/m1/s1. The summed E-state index contributed by atoms with van der Waals surface area (Å²) >= 11 is 0. The number of amides is 2. The number of halogens is 6. The van der Waals surface area contributed by atoms with Gasteiger partial charge in [0.05, 0.1) is 11.1 Å². The highest BCUT2D eigenvalue weighted by molar-refractivity contribution is 5.78. The minimum atomic E-state index is -4.91. The molecule has 0 aliphatic heterocycles. The third kappa shape index (κ3) is 6.61. The zero-order chi connectivity index (χ0) is 28.3. The fourth-order valence-electron chi connectivity index (χ4n) is 4.50. The number of urea groups is 1. The molecule has 2 aromatic carbocycles. The van der Waals surface area contributed by atoms with Crippen molar-refractivity contribution in [2.24, 2.45) is 5.18 Å². The SMILES string of the molecule is O=NCC1(NC(=O)N[C@](Cc2ccccc2)(C2=CCC(F)C=C2)c2cc(F)cc(OC(F)(F)C(F)F)c2)CC1. The monoisotopic (exact) mass is 553 g/mol. The highest BCUT2D eigenvalue weighted by atomic mass is 19.3. The first kappa shape index (κ1) is 28.2. The number of hydrogen-bond acceptors (Lipinski definition) is 4. The number of alkyl halides is 5. The fourth-order valence-corrected chi connectivity index (χ4v) is 4.50. The number of allylic oxidation sites excluding steroid dienone is 2. The van der Waals surface area contributed by atoms with Gasteiger partial charge in [-0.1, -0.05) is 53.7 Å². The zero-order valence-electron chi connectivity index (χ0n) is 20.5. The molecule has 6 nitrogen and oxygen atoms in total. The molecule has 0 radical (unpaired) electrons. The summed E-state index contributed by atoms with van der Waals surface area (Å²) in [6, 6.07) is 10.2. The Bertz CT molecular complexity index is 1270. The topological polar surface area (TPSA) is 79.8 Å². The molecule has 2 aliphatic rings. The van der Waals surface area contributed by atoms with Gasteiger partial charge in [-0.2, -0.15) is 22.5 Å². The first-order valence-corrected chi connectivity index (χ1v) is 12.1. The van der Waals surface area contributed by atoms with Gasteiger partial charge in [-0.3, -0.25) is 0 Å². The Morgan fingerprint density at radius 2 is 1.87 bits per heavy atom. The highest BCUT2D eigenvalue weighted by Gasteiger charge is 2.47. The summed E-state index contributed by atoms with van der Waals surface area (Å²) in [6.07, 6.45) is -5.51. The van der Waals surface area contributed by atoms with Crippen LogP contribution >= 0.6 is 0 Å². The molecule has 2 aliphatic carbocycles. The van der Waals surface area contributed by atoms with E-state index in [1.807, 2.05) is 0 Å². The van der Waals surface area contributed by atoms with Gasteiger partial charge in [-0.25, -0.2) is 13.6 Å². The molecule has 0 spiro atoms. The molecule has 1 unspecified atom stereocenters. The van der Waals surface area contributed by atoms with E-state index in [2.05, 4.69) is 20.5 Å². The first-order valence-electron chi connectivity index (χ1n) is 12.1. The molecule has 2 amide bonds. The van der Waals surface area contributed by atoms with Crippen molar-refractivity contribution in [2.75, 3.05) is 6.54 Å². The maximum absolute atomic E-state index is 14.8. The Hall–Kier alpha value is -3.83. The number of carbonyl (C=O) groups excluding carboxylic acids is 1. The molecule has 2 aromatic rings. The molecule has 1 fully saturated rings. The third-order valence-electron chi connectivity index (χ3n) is 6.65. The lowest BCUT2D eigenvalue weighted by Crippen LogP contribution is -2.55. The van der Waals surface area contributed by atoms with Crippen LogP contribution < -0.4 is 15.4 Å². The van der Waals surface area contributed by atoms with Crippen LogP contribution in [0.1, 0.15) is 30.4 Å². The average molecular weight is 554 g/mol. The van der Waals surface area contributed by atoms with Gasteiger partial charge in [0.15, 0.2) is 0 Å². The number of rotatable bonds is 11. The second-order valence-corrected chi connectivity index (χ2v) is 9.62. The first-order chi connectivity index (χ1) is 18.5. The number of ether oxygens (including phenoxy) is 1. The van der Waals surface area contributed by atoms with Gasteiger partial charge in [0.2, 0.25) is 0 Å². The number of nitroso groups, excluding NO2 is 1. The van der Waals surface area contributed by atoms with Crippen LogP contribution in [0, 0.1) is 10.7 Å². The van der Waals surface area contributed by atoms with E-state index in [9.17, 15) is 36.0 Å². The van der Waals surface area contributed by atoms with Crippen LogP contribution in [-0.4, -0.2) is 36.8 Å². The van der Waals surface area contributed by atoms with Gasteiger partial charge in [0.1, 0.15) is 24.3 Å². The quantitative estimate of drug-likeness (QED) is 0.252. The number of benzene rings is 2. The lowest BCUT2D eigenvalue weighted by molar-refractivity contribution is -0.253. The van der Waals surface area contributed by atoms with Crippen molar-refractivity contribution in [3.8, 4) is 5.75 Å². The minimum absolute atomic E-state index is 0.0680. The normalized spacial score (nSPS) is 19.6. The molecule has 0 saturated heterocycles. The summed E-state index contributed by atoms with van der Waals surface area (Å²) in [5, 5.41) is 8.34. The molecule has 2 N–H and O–H groups in total. The van der Waals surface area contributed by atoms with E-state index in [-0.39, 0.29) is 24.9 Å². The van der Waals surface area contributed by atoms with Gasteiger partial charge in [0, 0.05) is 18.9 Å². The van der Waals surface area contributed by atoms with E-state index in [1.165, 1.54) is 18.2 Å². The largest absolute Gasteiger partial charge is 0.461 e. The Balaban J connectivity index is 1.84.